The van der Waals surface area contributed by atoms with Crippen molar-refractivity contribution in [2.75, 3.05) is 6.54 Å². The van der Waals surface area contributed by atoms with Crippen LogP contribution in [0.15, 0.2) is 41.6 Å². The van der Waals surface area contributed by atoms with Crippen LogP contribution in [0.4, 0.5) is 0 Å². The first-order valence-corrected chi connectivity index (χ1v) is 10.6. The van der Waals surface area contributed by atoms with Gasteiger partial charge in [-0.15, -0.1) is 5.10 Å². The maximum absolute atomic E-state index is 12.8. The van der Waals surface area contributed by atoms with E-state index in [1.165, 1.54) is 4.52 Å². The van der Waals surface area contributed by atoms with Crippen molar-refractivity contribution in [3.63, 3.8) is 0 Å². The van der Waals surface area contributed by atoms with Crippen LogP contribution in [0.1, 0.15) is 42.9 Å². The van der Waals surface area contributed by atoms with Crippen molar-refractivity contribution in [2.24, 2.45) is 0 Å². The highest BCUT2D eigenvalue weighted by molar-refractivity contribution is 6.31. The first kappa shape index (κ1) is 19.1. The molecule has 1 saturated heterocycles. The van der Waals surface area contributed by atoms with Crippen LogP contribution in [0, 0.1) is 0 Å². The Labute approximate surface area is 178 Å². The second kappa shape index (κ2) is 8.12. The summed E-state index contributed by atoms with van der Waals surface area (Å²) in [5.41, 5.74) is 2.39. The van der Waals surface area contributed by atoms with Gasteiger partial charge in [-0.1, -0.05) is 29.8 Å². The number of nitrogens with zero attached hydrogens (tertiary/aromatic N) is 6. The Balaban J connectivity index is 1.42. The van der Waals surface area contributed by atoms with Gasteiger partial charge in [0.1, 0.15) is 11.3 Å². The molecular formula is C21H22ClN7O. The van der Waals surface area contributed by atoms with Gasteiger partial charge < -0.3 is 4.98 Å². The van der Waals surface area contributed by atoms with Crippen molar-refractivity contribution in [2.45, 2.75) is 44.7 Å². The number of H-pyrrole nitrogens is 1. The summed E-state index contributed by atoms with van der Waals surface area (Å²) in [6.07, 6.45) is 14.3. The number of aromatic nitrogens is 6. The minimum absolute atomic E-state index is 0.171. The summed E-state index contributed by atoms with van der Waals surface area (Å²) in [6.45, 7) is 1.52. The summed E-state index contributed by atoms with van der Waals surface area (Å²) in [5, 5.41) is 4.56. The SMILES string of the molecule is O=c1c(Cl)c(CN2CCCC2Cc2ccncn2)[nH]c2nc(C3=CC=CCC3)nn12. The van der Waals surface area contributed by atoms with Gasteiger partial charge in [0, 0.05) is 30.9 Å². The van der Waals surface area contributed by atoms with Crippen LogP contribution in [-0.2, 0) is 13.0 Å². The molecule has 1 atom stereocenters. The van der Waals surface area contributed by atoms with Gasteiger partial charge in [-0.05, 0) is 43.9 Å². The van der Waals surface area contributed by atoms with Crippen molar-refractivity contribution in [1.82, 2.24) is 34.4 Å². The van der Waals surface area contributed by atoms with Crippen molar-refractivity contribution in [1.29, 1.82) is 0 Å². The molecule has 1 fully saturated rings. The van der Waals surface area contributed by atoms with Crippen LogP contribution in [-0.4, -0.2) is 47.0 Å². The van der Waals surface area contributed by atoms with Crippen LogP contribution < -0.4 is 5.56 Å². The van der Waals surface area contributed by atoms with E-state index in [0.29, 0.717) is 29.9 Å². The molecule has 9 heteroatoms. The molecule has 0 saturated carbocycles. The highest BCUT2D eigenvalue weighted by Crippen LogP contribution is 2.25. The predicted octanol–water partition coefficient (Wildman–Crippen LogP) is 2.80. The highest BCUT2D eigenvalue weighted by atomic mass is 35.5. The Bertz CT molecular complexity index is 1180. The molecule has 4 heterocycles. The maximum Gasteiger partial charge on any atom is 0.294 e. The van der Waals surface area contributed by atoms with Crippen molar-refractivity contribution in [3.05, 3.63) is 69.4 Å². The van der Waals surface area contributed by atoms with Crippen LogP contribution in [0.2, 0.25) is 5.02 Å². The molecule has 1 aliphatic carbocycles. The number of fused-ring (bicyclic) bond motifs is 1. The zero-order valence-corrected chi connectivity index (χ0v) is 17.2. The zero-order chi connectivity index (χ0) is 20.5. The van der Waals surface area contributed by atoms with Gasteiger partial charge in [0.15, 0.2) is 5.82 Å². The number of allylic oxidation sites excluding steroid dienone is 4. The fourth-order valence-corrected chi connectivity index (χ4v) is 4.39. The fraction of sp³-hybridized carbons (Fsp3) is 0.381. The number of halogens is 1. The summed E-state index contributed by atoms with van der Waals surface area (Å²) in [4.78, 5) is 31.3. The van der Waals surface area contributed by atoms with E-state index in [-0.39, 0.29) is 10.6 Å². The van der Waals surface area contributed by atoms with Gasteiger partial charge >= 0.3 is 0 Å². The second-order valence-electron chi connectivity index (χ2n) is 7.72. The lowest BCUT2D eigenvalue weighted by atomic mass is 10.1. The predicted molar refractivity (Wildman–Crippen MR) is 114 cm³/mol. The number of rotatable bonds is 5. The van der Waals surface area contributed by atoms with Crippen molar-refractivity contribution < 1.29 is 0 Å². The molecule has 0 radical (unpaired) electrons. The molecule has 0 amide bonds. The van der Waals surface area contributed by atoms with Gasteiger partial charge in [-0.2, -0.15) is 9.50 Å². The van der Waals surface area contributed by atoms with Crippen molar-refractivity contribution >= 4 is 23.0 Å². The maximum atomic E-state index is 12.8. The van der Waals surface area contributed by atoms with Gasteiger partial charge in [-0.25, -0.2) is 9.97 Å². The number of hydrogen-bond donors (Lipinski definition) is 1. The first-order chi connectivity index (χ1) is 14.7. The fourth-order valence-electron chi connectivity index (χ4n) is 4.20. The van der Waals surface area contributed by atoms with E-state index >= 15 is 0 Å². The van der Waals surface area contributed by atoms with Crippen LogP contribution >= 0.6 is 11.6 Å². The summed E-state index contributed by atoms with van der Waals surface area (Å²) >= 11 is 6.45. The highest BCUT2D eigenvalue weighted by Gasteiger charge is 2.27. The molecule has 1 aliphatic heterocycles. The summed E-state index contributed by atoms with van der Waals surface area (Å²) in [7, 11) is 0. The van der Waals surface area contributed by atoms with Gasteiger partial charge in [0.2, 0.25) is 5.78 Å². The molecule has 1 N–H and O–H groups in total. The molecule has 2 aliphatic rings. The average molecular weight is 424 g/mol. The minimum atomic E-state index is -0.335. The minimum Gasteiger partial charge on any atom is -0.325 e. The lowest BCUT2D eigenvalue weighted by Crippen LogP contribution is -2.32. The largest absolute Gasteiger partial charge is 0.325 e. The third-order valence-corrected chi connectivity index (χ3v) is 6.15. The number of aromatic amines is 1. The van der Waals surface area contributed by atoms with E-state index in [9.17, 15) is 4.79 Å². The van der Waals surface area contributed by atoms with E-state index < -0.39 is 0 Å². The molecule has 154 valence electrons. The molecule has 8 nitrogen and oxygen atoms in total. The molecule has 0 spiro atoms. The smallest absolute Gasteiger partial charge is 0.294 e. The number of nitrogens with one attached hydrogen (secondary N) is 1. The lowest BCUT2D eigenvalue weighted by molar-refractivity contribution is 0.240. The quantitative estimate of drug-likeness (QED) is 0.678. The summed E-state index contributed by atoms with van der Waals surface area (Å²) < 4.78 is 1.27. The molecule has 3 aromatic heterocycles. The van der Waals surface area contributed by atoms with E-state index in [1.54, 1.807) is 12.5 Å². The van der Waals surface area contributed by atoms with Crippen LogP contribution in [0.25, 0.3) is 11.4 Å². The van der Waals surface area contributed by atoms with Gasteiger partial charge in [-0.3, -0.25) is 9.69 Å². The van der Waals surface area contributed by atoms with Gasteiger partial charge in [0.25, 0.3) is 5.56 Å². The lowest BCUT2D eigenvalue weighted by Gasteiger charge is -2.24. The second-order valence-corrected chi connectivity index (χ2v) is 8.10. The first-order valence-electron chi connectivity index (χ1n) is 10.2. The monoisotopic (exact) mass is 423 g/mol. The average Bonchev–Trinajstić information content (AvgIpc) is 3.40. The molecule has 0 bridgehead atoms. The van der Waals surface area contributed by atoms with Crippen molar-refractivity contribution in [3.8, 4) is 0 Å². The normalized spacial score (nSPS) is 19.5. The summed E-state index contributed by atoms with van der Waals surface area (Å²) in [5.74, 6) is 1.00. The Morgan fingerprint density at radius 3 is 3.07 bits per heavy atom. The molecule has 5 rings (SSSR count). The molecule has 3 aromatic rings. The molecular weight excluding hydrogens is 402 g/mol. The third kappa shape index (κ3) is 3.68. The van der Waals surface area contributed by atoms with E-state index in [0.717, 1.165) is 49.9 Å². The Morgan fingerprint density at radius 2 is 2.27 bits per heavy atom. The Morgan fingerprint density at radius 1 is 1.33 bits per heavy atom. The Kier molecular flexibility index (Phi) is 5.18. The van der Waals surface area contributed by atoms with Crippen LogP contribution in [0.5, 0.6) is 0 Å². The topological polar surface area (TPSA) is 92.1 Å². The van der Waals surface area contributed by atoms with Crippen LogP contribution in [0.3, 0.4) is 0 Å². The number of likely N-dealkylation sites (tertiary alicyclic amines) is 1. The zero-order valence-electron chi connectivity index (χ0n) is 16.5. The van der Waals surface area contributed by atoms with E-state index in [1.807, 2.05) is 18.2 Å². The summed E-state index contributed by atoms with van der Waals surface area (Å²) in [6, 6.07) is 2.30. The third-order valence-electron chi connectivity index (χ3n) is 5.76. The Hall–Kier alpha value is -2.84. The molecule has 30 heavy (non-hydrogen) atoms. The van der Waals surface area contributed by atoms with Gasteiger partial charge in [0.05, 0.1) is 5.69 Å². The van der Waals surface area contributed by atoms with E-state index in [4.69, 9.17) is 11.6 Å². The van der Waals surface area contributed by atoms with E-state index in [2.05, 4.69) is 36.0 Å². The molecule has 1 unspecified atom stereocenters. The standard InChI is InChI=1S/C21H22ClN7O/c22-18-17(12-28-10-4-7-16(28)11-15-8-9-23-13-24-15)25-21-26-19(27-29(21)20(18)30)14-5-2-1-3-6-14/h1-2,5,8-9,13,16H,3-4,6-7,10-12H2,(H,25,26,27). The number of hydrogen-bond acceptors (Lipinski definition) is 6. The molecule has 0 aromatic carbocycles.